The van der Waals surface area contributed by atoms with Crippen molar-refractivity contribution in [3.63, 3.8) is 0 Å². The number of aromatic nitrogens is 3. The van der Waals surface area contributed by atoms with Crippen LogP contribution >= 0.6 is 34.2 Å². The lowest BCUT2D eigenvalue weighted by Gasteiger charge is -2.25. The molecule has 1 fully saturated rings. The van der Waals surface area contributed by atoms with Gasteiger partial charge in [-0.2, -0.15) is 0 Å². The van der Waals surface area contributed by atoms with Crippen LogP contribution in [0.4, 0.5) is 5.82 Å². The van der Waals surface area contributed by atoms with Gasteiger partial charge in [-0.3, -0.25) is 0 Å². The highest BCUT2D eigenvalue weighted by molar-refractivity contribution is 14.1. The van der Waals surface area contributed by atoms with Crippen molar-refractivity contribution in [2.24, 2.45) is 0 Å². The molecule has 4 atom stereocenters. The number of aryl methyl sites for hydroxylation is 1. The predicted octanol–water partition coefficient (Wildman–Crippen LogP) is 3.18. The number of ether oxygens (including phenoxy) is 1. The monoisotopic (exact) mass is 539 g/mol. The summed E-state index contributed by atoms with van der Waals surface area (Å²) in [7, 11) is 0. The number of aliphatic hydroxyl groups excluding tert-OH is 1. The lowest BCUT2D eigenvalue weighted by atomic mass is 9.97. The zero-order chi connectivity index (χ0) is 21.0. The van der Waals surface area contributed by atoms with E-state index in [1.807, 2.05) is 4.57 Å². The van der Waals surface area contributed by atoms with Gasteiger partial charge in [0.05, 0.1) is 26.5 Å². The molecule has 0 spiro atoms. The highest BCUT2D eigenvalue weighted by Gasteiger charge is 2.44. The van der Waals surface area contributed by atoms with Crippen LogP contribution in [-0.2, 0) is 13.0 Å². The molecule has 1 saturated carbocycles. The summed E-state index contributed by atoms with van der Waals surface area (Å²) < 4.78 is 8.37. The number of halogens is 2. The first kappa shape index (κ1) is 20.3. The van der Waals surface area contributed by atoms with E-state index < -0.39 is 6.10 Å². The SMILES string of the molecule is Cc1cc2c(c(OC3CC(n4cc(Cl)c5c(N)ncnc54)[C@H](O)C3I)c1)CNCC2. The zero-order valence-electron chi connectivity index (χ0n) is 16.5. The summed E-state index contributed by atoms with van der Waals surface area (Å²) in [4.78, 5) is 8.41. The lowest BCUT2D eigenvalue weighted by molar-refractivity contribution is 0.139. The third-order valence-corrected chi connectivity index (χ3v) is 7.92. The van der Waals surface area contributed by atoms with Gasteiger partial charge >= 0.3 is 0 Å². The molecule has 0 radical (unpaired) electrons. The van der Waals surface area contributed by atoms with Crippen LogP contribution in [0.2, 0.25) is 5.02 Å². The normalized spacial score (nSPS) is 26.1. The van der Waals surface area contributed by atoms with E-state index >= 15 is 0 Å². The number of hydrogen-bond acceptors (Lipinski definition) is 6. The molecule has 3 unspecified atom stereocenters. The van der Waals surface area contributed by atoms with E-state index in [2.05, 4.69) is 56.9 Å². The zero-order valence-corrected chi connectivity index (χ0v) is 19.4. The van der Waals surface area contributed by atoms with E-state index in [0.717, 1.165) is 25.3 Å². The number of nitrogens with zero attached hydrogens (tertiary/aromatic N) is 3. The Morgan fingerprint density at radius 3 is 3.03 bits per heavy atom. The van der Waals surface area contributed by atoms with Gasteiger partial charge < -0.3 is 25.5 Å². The molecule has 2 aromatic heterocycles. The molecule has 3 aromatic rings. The minimum atomic E-state index is -0.600. The van der Waals surface area contributed by atoms with Crippen LogP contribution in [0.1, 0.15) is 29.2 Å². The first-order valence-electron chi connectivity index (χ1n) is 10.0. The summed E-state index contributed by atoms with van der Waals surface area (Å²) in [6, 6.07) is 4.14. The van der Waals surface area contributed by atoms with Crippen molar-refractivity contribution in [3.05, 3.63) is 46.4 Å². The Kier molecular flexibility index (Phi) is 5.29. The number of nitrogens with one attached hydrogen (secondary N) is 1. The minimum absolute atomic E-state index is 0.0734. The average molecular weight is 540 g/mol. The highest BCUT2D eigenvalue weighted by Crippen LogP contribution is 2.42. The summed E-state index contributed by atoms with van der Waals surface area (Å²) >= 11 is 8.70. The maximum absolute atomic E-state index is 11.1. The molecule has 9 heteroatoms. The maximum Gasteiger partial charge on any atom is 0.147 e. The molecule has 0 saturated heterocycles. The van der Waals surface area contributed by atoms with Gasteiger partial charge in [-0.05, 0) is 37.1 Å². The highest BCUT2D eigenvalue weighted by atomic mass is 127. The number of nitrogen functional groups attached to an aromatic ring is 1. The number of alkyl halides is 1. The smallest absolute Gasteiger partial charge is 0.147 e. The Balaban J connectivity index is 1.47. The molecule has 5 rings (SSSR count). The van der Waals surface area contributed by atoms with Crippen molar-refractivity contribution in [1.29, 1.82) is 0 Å². The van der Waals surface area contributed by atoms with Crippen molar-refractivity contribution >= 4 is 51.0 Å². The van der Waals surface area contributed by atoms with Gasteiger partial charge in [0.1, 0.15) is 29.6 Å². The fraction of sp³-hybridized carbons (Fsp3) is 0.429. The van der Waals surface area contributed by atoms with Gasteiger partial charge in [-0.15, -0.1) is 0 Å². The van der Waals surface area contributed by atoms with Crippen LogP contribution < -0.4 is 15.8 Å². The van der Waals surface area contributed by atoms with Gasteiger partial charge in [0.2, 0.25) is 0 Å². The third kappa shape index (κ3) is 3.34. The number of rotatable bonds is 3. The van der Waals surface area contributed by atoms with Crippen LogP contribution in [0.5, 0.6) is 5.75 Å². The first-order chi connectivity index (χ1) is 14.4. The molecule has 1 aliphatic carbocycles. The fourth-order valence-electron chi connectivity index (χ4n) is 4.63. The van der Waals surface area contributed by atoms with Gasteiger partial charge in [0.25, 0.3) is 0 Å². The molecule has 2 aliphatic rings. The van der Waals surface area contributed by atoms with Crippen LogP contribution in [0.15, 0.2) is 24.7 Å². The Hall–Kier alpha value is -1.62. The van der Waals surface area contributed by atoms with E-state index in [4.69, 9.17) is 22.1 Å². The van der Waals surface area contributed by atoms with Crippen LogP contribution in [0.25, 0.3) is 11.0 Å². The van der Waals surface area contributed by atoms with Crippen LogP contribution in [0.3, 0.4) is 0 Å². The number of fused-ring (bicyclic) bond motifs is 2. The molecule has 4 N–H and O–H groups in total. The van der Waals surface area contributed by atoms with E-state index in [9.17, 15) is 5.11 Å². The number of nitrogens with two attached hydrogens (primary N) is 1. The molecule has 3 heterocycles. The number of anilines is 1. The molecule has 158 valence electrons. The molecule has 1 aliphatic heterocycles. The van der Waals surface area contributed by atoms with Crippen molar-refractivity contribution in [1.82, 2.24) is 19.9 Å². The second-order valence-corrected chi connectivity index (χ2v) is 9.91. The first-order valence-corrected chi connectivity index (χ1v) is 11.6. The topological polar surface area (TPSA) is 98.2 Å². The van der Waals surface area contributed by atoms with E-state index in [1.165, 1.54) is 23.0 Å². The second-order valence-electron chi connectivity index (χ2n) is 8.06. The van der Waals surface area contributed by atoms with Gasteiger partial charge in [-0.1, -0.05) is 40.3 Å². The fourth-order valence-corrected chi connectivity index (χ4v) is 5.84. The Morgan fingerprint density at radius 1 is 1.37 bits per heavy atom. The second kappa shape index (κ2) is 7.81. The lowest BCUT2D eigenvalue weighted by Crippen LogP contribution is -2.30. The van der Waals surface area contributed by atoms with Crippen LogP contribution in [-0.4, -0.2) is 42.3 Å². The Labute approximate surface area is 193 Å². The van der Waals surface area contributed by atoms with Gasteiger partial charge in [-0.25, -0.2) is 9.97 Å². The number of hydrogen-bond donors (Lipinski definition) is 3. The molecular formula is C21H23ClIN5O2. The molecule has 7 nitrogen and oxygen atoms in total. The summed E-state index contributed by atoms with van der Waals surface area (Å²) in [6.07, 6.45) is 4.13. The van der Waals surface area contributed by atoms with E-state index in [0.29, 0.717) is 28.3 Å². The molecule has 1 aromatic carbocycles. The number of aliphatic hydroxyl groups is 1. The summed E-state index contributed by atoms with van der Waals surface area (Å²) in [5, 5.41) is 15.6. The van der Waals surface area contributed by atoms with Crippen molar-refractivity contribution in [2.75, 3.05) is 12.3 Å². The van der Waals surface area contributed by atoms with Crippen molar-refractivity contribution < 1.29 is 9.84 Å². The summed E-state index contributed by atoms with van der Waals surface area (Å²) in [5.41, 5.74) is 10.4. The molecule has 30 heavy (non-hydrogen) atoms. The van der Waals surface area contributed by atoms with Gasteiger partial charge in [0.15, 0.2) is 0 Å². The van der Waals surface area contributed by atoms with E-state index in [-0.39, 0.29) is 16.1 Å². The predicted molar refractivity (Wildman–Crippen MR) is 125 cm³/mol. The maximum atomic E-state index is 11.1. The Morgan fingerprint density at radius 2 is 2.20 bits per heavy atom. The molecular weight excluding hydrogens is 517 g/mol. The largest absolute Gasteiger partial charge is 0.489 e. The number of benzene rings is 1. The minimum Gasteiger partial charge on any atom is -0.489 e. The van der Waals surface area contributed by atoms with Crippen LogP contribution in [0, 0.1) is 6.92 Å². The molecule has 0 bridgehead atoms. The third-order valence-electron chi connectivity index (χ3n) is 6.10. The summed E-state index contributed by atoms with van der Waals surface area (Å²) in [5.74, 6) is 1.26. The molecule has 0 amide bonds. The van der Waals surface area contributed by atoms with Crippen molar-refractivity contribution in [2.45, 2.75) is 48.5 Å². The standard InChI is InChI=1S/C21H23ClIN5O2/c1-10-4-11-2-3-25-7-12(11)15(5-10)30-16-6-14(19(29)18(16)23)28-8-13(22)17-20(24)26-9-27-21(17)28/h4-5,8-9,14,16,18-19,25,29H,2-3,6-7H2,1H3,(H2,24,26,27)/t14?,16?,18?,19-/m0/s1. The Bertz CT molecular complexity index is 1120. The summed E-state index contributed by atoms with van der Waals surface area (Å²) in [6.45, 7) is 3.89. The van der Waals surface area contributed by atoms with Crippen molar-refractivity contribution in [3.8, 4) is 5.75 Å². The van der Waals surface area contributed by atoms with Gasteiger partial charge in [0, 0.05) is 24.7 Å². The van der Waals surface area contributed by atoms with E-state index in [1.54, 1.807) is 6.20 Å². The quantitative estimate of drug-likeness (QED) is 0.349. The average Bonchev–Trinajstić information content (AvgIpc) is 3.20.